The summed E-state index contributed by atoms with van der Waals surface area (Å²) in [6, 6.07) is 9.10. The first-order valence-electron chi connectivity index (χ1n) is 4.93. The molecule has 2 aromatic rings. The summed E-state index contributed by atoms with van der Waals surface area (Å²) in [5.41, 5.74) is 0.601. The maximum absolute atomic E-state index is 13.5. The molecule has 1 aromatic carbocycles. The van der Waals surface area contributed by atoms with Crippen LogP contribution in [0, 0.1) is 5.82 Å². The Morgan fingerprint density at radius 1 is 1.19 bits per heavy atom. The van der Waals surface area contributed by atoms with E-state index in [0.717, 1.165) is 6.54 Å². The van der Waals surface area contributed by atoms with E-state index >= 15 is 0 Å². The van der Waals surface area contributed by atoms with Crippen molar-refractivity contribution in [2.75, 3.05) is 0 Å². The van der Waals surface area contributed by atoms with Gasteiger partial charge in [-0.15, -0.1) is 11.3 Å². The van der Waals surface area contributed by atoms with Gasteiger partial charge in [0.1, 0.15) is 5.82 Å². The summed E-state index contributed by atoms with van der Waals surface area (Å²) in [6.45, 7) is 1.24. The molecule has 0 aliphatic carbocycles. The molecule has 0 unspecified atom stereocenters. The highest BCUT2D eigenvalue weighted by Crippen LogP contribution is 2.17. The molecule has 0 saturated heterocycles. The van der Waals surface area contributed by atoms with Crippen LogP contribution in [0.25, 0.3) is 0 Å². The van der Waals surface area contributed by atoms with Crippen LogP contribution in [0.15, 0.2) is 35.7 Å². The number of halogens is 2. The summed E-state index contributed by atoms with van der Waals surface area (Å²) in [5.74, 6) is -0.331. The van der Waals surface area contributed by atoms with Gasteiger partial charge in [-0.05, 0) is 17.5 Å². The van der Waals surface area contributed by atoms with Crippen molar-refractivity contribution in [1.82, 2.24) is 5.32 Å². The lowest BCUT2D eigenvalue weighted by Crippen LogP contribution is -2.12. The first-order chi connectivity index (χ1) is 7.77. The van der Waals surface area contributed by atoms with Crippen LogP contribution in [-0.4, -0.2) is 0 Å². The van der Waals surface area contributed by atoms with E-state index in [1.807, 2.05) is 17.5 Å². The zero-order valence-electron chi connectivity index (χ0n) is 8.54. The van der Waals surface area contributed by atoms with Crippen molar-refractivity contribution in [3.8, 4) is 0 Å². The lowest BCUT2D eigenvalue weighted by molar-refractivity contribution is 0.589. The molecule has 4 heteroatoms. The maximum Gasteiger partial charge on any atom is 0.146 e. The van der Waals surface area contributed by atoms with E-state index in [1.165, 1.54) is 4.88 Å². The first-order valence-corrected chi connectivity index (χ1v) is 6.19. The highest BCUT2D eigenvalue weighted by molar-refractivity contribution is 7.09. The molecule has 2 rings (SSSR count). The molecule has 0 radical (unpaired) electrons. The van der Waals surface area contributed by atoms with Gasteiger partial charge in [0, 0.05) is 23.5 Å². The van der Waals surface area contributed by atoms with Gasteiger partial charge in [-0.3, -0.25) is 0 Å². The fraction of sp³-hybridized carbons (Fsp3) is 0.167. The van der Waals surface area contributed by atoms with Crippen molar-refractivity contribution in [2.45, 2.75) is 13.1 Å². The molecule has 0 spiro atoms. The molecule has 1 heterocycles. The van der Waals surface area contributed by atoms with Crippen molar-refractivity contribution in [2.24, 2.45) is 0 Å². The average molecular weight is 256 g/mol. The molecule has 0 bridgehead atoms. The summed E-state index contributed by atoms with van der Waals surface area (Å²) >= 11 is 7.37. The number of hydrogen-bond acceptors (Lipinski definition) is 2. The zero-order valence-corrected chi connectivity index (χ0v) is 10.1. The molecule has 0 fully saturated rings. The molecular weight excluding hydrogens is 245 g/mol. The van der Waals surface area contributed by atoms with Gasteiger partial charge in [0.15, 0.2) is 0 Å². The van der Waals surface area contributed by atoms with Crippen LogP contribution in [0.2, 0.25) is 5.02 Å². The van der Waals surface area contributed by atoms with Crippen LogP contribution < -0.4 is 5.32 Å². The van der Waals surface area contributed by atoms with E-state index in [4.69, 9.17) is 11.6 Å². The van der Waals surface area contributed by atoms with Gasteiger partial charge >= 0.3 is 0 Å². The normalized spacial score (nSPS) is 10.6. The smallest absolute Gasteiger partial charge is 0.146 e. The molecule has 0 amide bonds. The summed E-state index contributed by atoms with van der Waals surface area (Å²) in [4.78, 5) is 1.24. The molecular formula is C12H11ClFNS. The van der Waals surface area contributed by atoms with Crippen molar-refractivity contribution >= 4 is 22.9 Å². The molecule has 1 nitrogen and oxygen atoms in total. The minimum absolute atomic E-state index is 0.176. The molecule has 0 aliphatic rings. The Balaban J connectivity index is 1.92. The number of hydrogen-bond donors (Lipinski definition) is 1. The zero-order chi connectivity index (χ0) is 11.4. The molecule has 1 N–H and O–H groups in total. The minimum Gasteiger partial charge on any atom is -0.308 e. The van der Waals surface area contributed by atoms with Gasteiger partial charge in [0.25, 0.3) is 0 Å². The fourth-order valence-corrected chi connectivity index (χ4v) is 2.29. The monoisotopic (exact) mass is 255 g/mol. The maximum atomic E-state index is 13.5. The second-order valence-electron chi connectivity index (χ2n) is 3.40. The van der Waals surface area contributed by atoms with E-state index in [1.54, 1.807) is 29.5 Å². The van der Waals surface area contributed by atoms with E-state index in [-0.39, 0.29) is 10.8 Å². The Bertz CT molecular complexity index is 456. The van der Waals surface area contributed by atoms with Gasteiger partial charge in [-0.2, -0.15) is 0 Å². The van der Waals surface area contributed by atoms with Crippen LogP contribution in [0.3, 0.4) is 0 Å². The third-order valence-electron chi connectivity index (χ3n) is 2.23. The number of nitrogens with one attached hydrogen (secondary N) is 1. The van der Waals surface area contributed by atoms with Crippen molar-refractivity contribution in [3.05, 3.63) is 57.0 Å². The molecule has 0 aliphatic heterocycles. The summed E-state index contributed by atoms with van der Waals surface area (Å²) < 4.78 is 13.5. The molecule has 0 saturated carbocycles. The van der Waals surface area contributed by atoms with E-state index in [0.29, 0.717) is 12.1 Å². The lowest BCUT2D eigenvalue weighted by atomic mass is 10.2. The van der Waals surface area contributed by atoms with Gasteiger partial charge in [-0.1, -0.05) is 29.8 Å². The topological polar surface area (TPSA) is 12.0 Å². The van der Waals surface area contributed by atoms with Gasteiger partial charge in [0.05, 0.1) is 5.02 Å². The molecule has 1 aromatic heterocycles. The van der Waals surface area contributed by atoms with Crippen LogP contribution in [-0.2, 0) is 13.1 Å². The number of thiophene rings is 1. The highest BCUT2D eigenvalue weighted by atomic mass is 35.5. The second-order valence-corrected chi connectivity index (χ2v) is 4.84. The predicted molar refractivity (Wildman–Crippen MR) is 66.3 cm³/mol. The SMILES string of the molecule is Fc1c(Cl)cccc1CNCc1cccs1. The second kappa shape index (κ2) is 5.43. The van der Waals surface area contributed by atoms with E-state index in [9.17, 15) is 4.39 Å². The number of rotatable bonds is 4. The molecule has 0 atom stereocenters. The third-order valence-corrected chi connectivity index (χ3v) is 3.39. The van der Waals surface area contributed by atoms with Gasteiger partial charge in [0.2, 0.25) is 0 Å². The first kappa shape index (κ1) is 11.6. The number of benzene rings is 1. The quantitative estimate of drug-likeness (QED) is 0.876. The summed E-state index contributed by atoms with van der Waals surface area (Å²) in [7, 11) is 0. The minimum atomic E-state index is -0.331. The van der Waals surface area contributed by atoms with Gasteiger partial charge < -0.3 is 5.32 Å². The summed E-state index contributed by atoms with van der Waals surface area (Å²) in [5, 5.41) is 5.39. The standard InChI is InChI=1S/C12H11ClFNS/c13-11-5-1-3-9(12(11)14)7-15-8-10-4-2-6-16-10/h1-6,15H,7-8H2. The van der Waals surface area contributed by atoms with Crippen LogP contribution >= 0.6 is 22.9 Å². The fourth-order valence-electron chi connectivity index (χ4n) is 1.42. The van der Waals surface area contributed by atoms with E-state index < -0.39 is 0 Å². The predicted octanol–water partition coefficient (Wildman–Crippen LogP) is 3.83. The Morgan fingerprint density at radius 2 is 2.06 bits per heavy atom. The van der Waals surface area contributed by atoms with Crippen LogP contribution in [0.4, 0.5) is 4.39 Å². The lowest BCUT2D eigenvalue weighted by Gasteiger charge is -2.05. The largest absolute Gasteiger partial charge is 0.308 e. The van der Waals surface area contributed by atoms with Crippen LogP contribution in [0.1, 0.15) is 10.4 Å². The Kier molecular flexibility index (Phi) is 3.93. The Hall–Kier alpha value is -0.900. The van der Waals surface area contributed by atoms with E-state index in [2.05, 4.69) is 5.32 Å². The third kappa shape index (κ3) is 2.82. The highest BCUT2D eigenvalue weighted by Gasteiger charge is 2.05. The average Bonchev–Trinajstić information content (AvgIpc) is 2.77. The van der Waals surface area contributed by atoms with Crippen molar-refractivity contribution in [1.29, 1.82) is 0 Å². The Morgan fingerprint density at radius 3 is 2.81 bits per heavy atom. The molecule has 16 heavy (non-hydrogen) atoms. The molecule has 84 valence electrons. The van der Waals surface area contributed by atoms with Crippen molar-refractivity contribution < 1.29 is 4.39 Å². The van der Waals surface area contributed by atoms with Gasteiger partial charge in [-0.25, -0.2) is 4.39 Å². The Labute approximate surface area is 103 Å². The summed E-state index contributed by atoms with van der Waals surface area (Å²) in [6.07, 6.45) is 0. The van der Waals surface area contributed by atoms with Crippen LogP contribution in [0.5, 0.6) is 0 Å². The van der Waals surface area contributed by atoms with Crippen molar-refractivity contribution in [3.63, 3.8) is 0 Å².